The Balaban J connectivity index is 1.56. The lowest BCUT2D eigenvalue weighted by Crippen LogP contribution is -2.12. The molecule has 0 aliphatic carbocycles. The summed E-state index contributed by atoms with van der Waals surface area (Å²) in [6.07, 6.45) is 0.660. The molecular weight excluding hydrogens is 358 g/mol. The monoisotopic (exact) mass is 374 g/mol. The number of ether oxygens (including phenoxy) is 1. The van der Waals surface area contributed by atoms with Gasteiger partial charge in [-0.15, -0.1) is 11.3 Å². The molecule has 0 fully saturated rings. The van der Waals surface area contributed by atoms with Gasteiger partial charge >= 0.3 is 0 Å². The summed E-state index contributed by atoms with van der Waals surface area (Å²) in [6, 6.07) is 10.8. The number of carbonyl (C=O) groups excluding carboxylic acids is 1. The highest BCUT2D eigenvalue weighted by molar-refractivity contribution is 7.13. The van der Waals surface area contributed by atoms with Gasteiger partial charge in [0.1, 0.15) is 10.8 Å². The van der Waals surface area contributed by atoms with Crippen LogP contribution in [0.4, 0.5) is 14.5 Å². The number of hydrogen-bond donors (Lipinski definition) is 1. The minimum absolute atomic E-state index is 0.199. The zero-order chi connectivity index (χ0) is 18.5. The molecule has 0 aliphatic heterocycles. The minimum atomic E-state index is -0.994. The number of nitrogens with one attached hydrogen (secondary N) is 1. The first-order chi connectivity index (χ1) is 12.5. The normalized spacial score (nSPS) is 10.6. The van der Waals surface area contributed by atoms with Gasteiger partial charge in [0.2, 0.25) is 5.91 Å². The first kappa shape index (κ1) is 18.0. The third-order valence-corrected chi connectivity index (χ3v) is 4.64. The Morgan fingerprint density at radius 3 is 2.62 bits per heavy atom. The van der Waals surface area contributed by atoms with Crippen molar-refractivity contribution in [2.75, 3.05) is 12.4 Å². The molecule has 0 saturated heterocycles. The van der Waals surface area contributed by atoms with Crippen molar-refractivity contribution in [2.24, 2.45) is 0 Å². The van der Waals surface area contributed by atoms with Crippen molar-refractivity contribution < 1.29 is 18.3 Å². The Kier molecular flexibility index (Phi) is 5.58. The van der Waals surface area contributed by atoms with Crippen LogP contribution in [0.2, 0.25) is 0 Å². The number of halogens is 2. The molecule has 4 nitrogen and oxygen atoms in total. The van der Waals surface area contributed by atoms with Crippen LogP contribution in [-0.2, 0) is 11.2 Å². The number of carbonyl (C=O) groups is 1. The van der Waals surface area contributed by atoms with Gasteiger partial charge in [0.15, 0.2) is 11.6 Å². The molecule has 0 spiro atoms. The van der Waals surface area contributed by atoms with E-state index in [0.717, 1.165) is 34.1 Å². The van der Waals surface area contributed by atoms with E-state index in [0.29, 0.717) is 6.42 Å². The van der Waals surface area contributed by atoms with Crippen LogP contribution >= 0.6 is 11.3 Å². The van der Waals surface area contributed by atoms with Crippen molar-refractivity contribution in [3.05, 3.63) is 65.2 Å². The van der Waals surface area contributed by atoms with Crippen molar-refractivity contribution in [1.82, 2.24) is 4.98 Å². The molecule has 7 heteroatoms. The average Bonchev–Trinajstić information content (AvgIpc) is 3.12. The second-order valence-electron chi connectivity index (χ2n) is 5.55. The lowest BCUT2D eigenvalue weighted by molar-refractivity contribution is -0.116. The molecule has 0 saturated carbocycles. The number of aryl methyl sites for hydroxylation is 1. The van der Waals surface area contributed by atoms with Gasteiger partial charge < -0.3 is 10.1 Å². The van der Waals surface area contributed by atoms with Gasteiger partial charge in [-0.3, -0.25) is 4.79 Å². The number of thiazole rings is 1. The lowest BCUT2D eigenvalue weighted by atomic mass is 10.2. The van der Waals surface area contributed by atoms with Gasteiger partial charge in [-0.05, 0) is 42.8 Å². The highest BCUT2D eigenvalue weighted by Crippen LogP contribution is 2.26. The van der Waals surface area contributed by atoms with Crippen molar-refractivity contribution in [1.29, 1.82) is 0 Å². The van der Waals surface area contributed by atoms with Gasteiger partial charge in [-0.25, -0.2) is 13.8 Å². The molecular formula is C19H16F2N2O2S. The molecule has 0 unspecified atom stereocenters. The smallest absolute Gasteiger partial charge is 0.224 e. The van der Waals surface area contributed by atoms with Crippen LogP contribution in [0.3, 0.4) is 0 Å². The van der Waals surface area contributed by atoms with E-state index in [9.17, 15) is 13.6 Å². The van der Waals surface area contributed by atoms with Crippen molar-refractivity contribution >= 4 is 22.9 Å². The van der Waals surface area contributed by atoms with E-state index >= 15 is 0 Å². The molecule has 1 heterocycles. The summed E-state index contributed by atoms with van der Waals surface area (Å²) >= 11 is 1.50. The molecule has 0 aliphatic rings. The Hall–Kier alpha value is -2.80. The number of amides is 1. The second kappa shape index (κ2) is 8.05. The van der Waals surface area contributed by atoms with Crippen molar-refractivity contribution in [3.63, 3.8) is 0 Å². The number of benzene rings is 2. The van der Waals surface area contributed by atoms with E-state index in [1.807, 2.05) is 29.6 Å². The van der Waals surface area contributed by atoms with Gasteiger partial charge in [-0.2, -0.15) is 0 Å². The lowest BCUT2D eigenvalue weighted by Gasteiger charge is -2.05. The number of hydrogen-bond acceptors (Lipinski definition) is 4. The summed E-state index contributed by atoms with van der Waals surface area (Å²) in [5.74, 6) is -1.45. The minimum Gasteiger partial charge on any atom is -0.497 e. The van der Waals surface area contributed by atoms with Crippen LogP contribution in [0.25, 0.3) is 10.6 Å². The molecule has 0 atom stereocenters. The molecule has 2 aromatic carbocycles. The SMILES string of the molecule is COc1ccc(-c2nc(CCC(=O)Nc3ccc(F)c(F)c3)cs2)cc1. The zero-order valence-corrected chi connectivity index (χ0v) is 14.8. The largest absolute Gasteiger partial charge is 0.497 e. The Labute approximate surface area is 153 Å². The maximum atomic E-state index is 13.1. The fraction of sp³-hybridized carbons (Fsp3) is 0.158. The molecule has 0 radical (unpaired) electrons. The van der Waals surface area contributed by atoms with Gasteiger partial charge in [0.25, 0.3) is 0 Å². The molecule has 1 N–H and O–H groups in total. The summed E-state index contributed by atoms with van der Waals surface area (Å²) in [6.45, 7) is 0. The third-order valence-electron chi connectivity index (χ3n) is 3.70. The zero-order valence-electron chi connectivity index (χ0n) is 14.0. The van der Waals surface area contributed by atoms with Crippen LogP contribution in [0.5, 0.6) is 5.75 Å². The standard InChI is InChI=1S/C19H16F2N2O2S/c1-25-15-6-2-12(3-7-15)19-23-14(11-26-19)5-9-18(24)22-13-4-8-16(20)17(21)10-13/h2-4,6-8,10-11H,5,9H2,1H3,(H,22,24). The summed E-state index contributed by atoms with van der Waals surface area (Å²) in [5, 5.41) is 5.32. The van der Waals surface area contributed by atoms with Crippen LogP contribution in [0, 0.1) is 11.6 Å². The first-order valence-corrected chi connectivity index (χ1v) is 8.77. The number of anilines is 1. The van der Waals surface area contributed by atoms with E-state index < -0.39 is 11.6 Å². The highest BCUT2D eigenvalue weighted by Gasteiger charge is 2.09. The van der Waals surface area contributed by atoms with Crippen molar-refractivity contribution in [3.8, 4) is 16.3 Å². The molecule has 134 valence electrons. The average molecular weight is 374 g/mol. The topological polar surface area (TPSA) is 51.2 Å². The predicted octanol–water partition coefficient (Wildman–Crippen LogP) is 4.67. The third kappa shape index (κ3) is 4.43. The van der Waals surface area contributed by atoms with Crippen LogP contribution in [-0.4, -0.2) is 18.0 Å². The maximum Gasteiger partial charge on any atom is 0.224 e. The van der Waals surface area contributed by atoms with Crippen LogP contribution < -0.4 is 10.1 Å². The van der Waals surface area contributed by atoms with Crippen LogP contribution in [0.1, 0.15) is 12.1 Å². The quantitative estimate of drug-likeness (QED) is 0.682. The highest BCUT2D eigenvalue weighted by atomic mass is 32.1. The Morgan fingerprint density at radius 1 is 1.15 bits per heavy atom. The molecule has 3 rings (SSSR count). The molecule has 1 aromatic heterocycles. The molecule has 3 aromatic rings. The fourth-order valence-electron chi connectivity index (χ4n) is 2.33. The summed E-state index contributed by atoms with van der Waals surface area (Å²) in [4.78, 5) is 16.5. The number of rotatable bonds is 6. The number of methoxy groups -OCH3 is 1. The summed E-state index contributed by atoms with van der Waals surface area (Å²) in [5.41, 5.74) is 2.01. The fourth-order valence-corrected chi connectivity index (χ4v) is 3.19. The first-order valence-electron chi connectivity index (χ1n) is 7.89. The van der Waals surface area contributed by atoms with E-state index in [-0.39, 0.29) is 18.0 Å². The van der Waals surface area contributed by atoms with E-state index in [1.54, 1.807) is 7.11 Å². The van der Waals surface area contributed by atoms with E-state index in [4.69, 9.17) is 4.74 Å². The van der Waals surface area contributed by atoms with E-state index in [1.165, 1.54) is 17.4 Å². The Bertz CT molecular complexity index is 910. The molecule has 0 bridgehead atoms. The van der Waals surface area contributed by atoms with Crippen molar-refractivity contribution in [2.45, 2.75) is 12.8 Å². The Morgan fingerprint density at radius 2 is 1.92 bits per heavy atom. The summed E-state index contributed by atoms with van der Waals surface area (Å²) < 4.78 is 31.2. The number of aromatic nitrogens is 1. The summed E-state index contributed by atoms with van der Waals surface area (Å²) in [7, 11) is 1.61. The maximum absolute atomic E-state index is 13.1. The molecule has 1 amide bonds. The second-order valence-corrected chi connectivity index (χ2v) is 6.41. The van der Waals surface area contributed by atoms with E-state index in [2.05, 4.69) is 10.3 Å². The van der Waals surface area contributed by atoms with Crippen LogP contribution in [0.15, 0.2) is 47.8 Å². The van der Waals surface area contributed by atoms with Gasteiger partial charge in [-0.1, -0.05) is 0 Å². The van der Waals surface area contributed by atoms with Gasteiger partial charge in [0, 0.05) is 29.1 Å². The molecule has 26 heavy (non-hydrogen) atoms. The number of nitrogens with zero attached hydrogens (tertiary/aromatic N) is 1. The van der Waals surface area contributed by atoms with Gasteiger partial charge in [0.05, 0.1) is 12.8 Å². The predicted molar refractivity (Wildman–Crippen MR) is 97.4 cm³/mol.